The minimum absolute atomic E-state index is 0.0711. The Balaban J connectivity index is 4.23. The van der Waals surface area contributed by atoms with Crippen LogP contribution < -0.4 is 0 Å². The lowest BCUT2D eigenvalue weighted by Gasteiger charge is -2.18. The predicted octanol–water partition coefficient (Wildman–Crippen LogP) is 21.9. The van der Waals surface area contributed by atoms with Crippen molar-refractivity contribution in [2.24, 2.45) is 0 Å². The number of rotatable bonds is 59. The second-order valence-electron chi connectivity index (χ2n) is 21.7. The molecule has 0 amide bonds. The zero-order chi connectivity index (χ0) is 53.6. The summed E-state index contributed by atoms with van der Waals surface area (Å²) < 4.78 is 16.9. The van der Waals surface area contributed by atoms with Gasteiger partial charge in [-0.3, -0.25) is 14.4 Å². The molecule has 0 aromatic carbocycles. The average Bonchev–Trinajstić information content (AvgIpc) is 3.40. The van der Waals surface area contributed by atoms with Crippen molar-refractivity contribution in [2.45, 2.75) is 341 Å². The van der Waals surface area contributed by atoms with Crippen LogP contribution >= 0.6 is 0 Å². The van der Waals surface area contributed by atoms with Crippen LogP contribution in [0.15, 0.2) is 60.8 Å². The largest absolute Gasteiger partial charge is 0.462 e. The Labute approximate surface area is 460 Å². The van der Waals surface area contributed by atoms with E-state index in [9.17, 15) is 14.4 Å². The van der Waals surface area contributed by atoms with Gasteiger partial charge < -0.3 is 14.2 Å². The number of hydrogen-bond acceptors (Lipinski definition) is 6. The van der Waals surface area contributed by atoms with Gasteiger partial charge in [-0.2, -0.15) is 0 Å². The van der Waals surface area contributed by atoms with Gasteiger partial charge in [-0.15, -0.1) is 0 Å². The van der Waals surface area contributed by atoms with E-state index in [1.54, 1.807) is 0 Å². The fourth-order valence-corrected chi connectivity index (χ4v) is 9.47. The minimum atomic E-state index is -0.773. The van der Waals surface area contributed by atoms with Crippen molar-refractivity contribution in [3.05, 3.63) is 60.8 Å². The van der Waals surface area contributed by atoms with Crippen molar-refractivity contribution in [1.82, 2.24) is 0 Å². The average molecular weight is 1040 g/mol. The Hall–Kier alpha value is -2.89. The van der Waals surface area contributed by atoms with Crippen molar-refractivity contribution in [2.75, 3.05) is 13.2 Å². The highest BCUT2D eigenvalue weighted by Crippen LogP contribution is 2.17. The standard InChI is InChI=1S/C68H122O6/c1-4-7-10-13-16-19-22-24-26-28-30-32-33-34-35-37-38-40-42-44-46-49-52-55-58-61-67(70)73-64-65(63-72-66(69)60-57-54-51-48-21-18-15-12-9-6-3)74-68(71)62-59-56-53-50-47-45-43-41-39-36-31-29-27-25-23-20-17-14-11-8-5-2/h7,10,16,19,24,26,30,32,34-35,65H,4-6,8-9,11-15,17-18,20-23,25,27-29,31,33,36-64H2,1-3H3/b10-7-,19-16-,26-24-,32-30-,35-34-. The molecule has 6 nitrogen and oxygen atoms in total. The van der Waals surface area contributed by atoms with Gasteiger partial charge in [0.25, 0.3) is 0 Å². The molecule has 0 saturated carbocycles. The summed E-state index contributed by atoms with van der Waals surface area (Å²) in [5.74, 6) is -0.859. The van der Waals surface area contributed by atoms with E-state index < -0.39 is 6.10 Å². The molecule has 0 aliphatic carbocycles. The van der Waals surface area contributed by atoms with Gasteiger partial charge in [0.05, 0.1) is 0 Å². The number of ether oxygens (including phenoxy) is 3. The van der Waals surface area contributed by atoms with Crippen molar-refractivity contribution < 1.29 is 28.6 Å². The van der Waals surface area contributed by atoms with Crippen LogP contribution in [0, 0.1) is 0 Å². The summed E-state index contributed by atoms with van der Waals surface area (Å²) in [5, 5.41) is 0. The first-order chi connectivity index (χ1) is 36.5. The SMILES string of the molecule is CC/C=C\C/C=C\C/C=C\C/C=C\C/C=C\CCCCCCCCCCCC(=O)OCC(COC(=O)CCCCCCCCCCCC)OC(=O)CCCCCCCCCCCCCCCCCCCCCCC. The van der Waals surface area contributed by atoms with E-state index in [-0.39, 0.29) is 31.1 Å². The number of unbranched alkanes of at least 4 members (excludes halogenated alkanes) is 38. The van der Waals surface area contributed by atoms with Gasteiger partial charge in [-0.05, 0) is 64.2 Å². The molecule has 0 aliphatic rings. The maximum Gasteiger partial charge on any atom is 0.306 e. The fourth-order valence-electron chi connectivity index (χ4n) is 9.47. The first-order valence-corrected chi connectivity index (χ1v) is 32.3. The summed E-state index contributed by atoms with van der Waals surface area (Å²) in [6, 6.07) is 0. The molecule has 0 aromatic heterocycles. The van der Waals surface area contributed by atoms with Crippen molar-refractivity contribution >= 4 is 17.9 Å². The molecule has 0 spiro atoms. The van der Waals surface area contributed by atoms with Crippen LogP contribution in [0.1, 0.15) is 335 Å². The number of allylic oxidation sites excluding steroid dienone is 10. The van der Waals surface area contributed by atoms with Gasteiger partial charge in [-0.1, -0.05) is 313 Å². The Morgan fingerprint density at radius 2 is 0.527 bits per heavy atom. The fraction of sp³-hybridized carbons (Fsp3) is 0.809. The lowest BCUT2D eigenvalue weighted by atomic mass is 10.0. The molecule has 0 radical (unpaired) electrons. The van der Waals surface area contributed by atoms with Crippen LogP contribution in [0.3, 0.4) is 0 Å². The third-order valence-corrected chi connectivity index (χ3v) is 14.3. The van der Waals surface area contributed by atoms with Gasteiger partial charge in [-0.25, -0.2) is 0 Å². The zero-order valence-corrected chi connectivity index (χ0v) is 49.4. The Morgan fingerprint density at radius 1 is 0.284 bits per heavy atom. The molecule has 0 saturated heterocycles. The van der Waals surface area contributed by atoms with E-state index in [2.05, 4.69) is 81.5 Å². The number of carbonyl (C=O) groups excluding carboxylic acids is 3. The molecule has 1 unspecified atom stereocenters. The second-order valence-corrected chi connectivity index (χ2v) is 21.7. The van der Waals surface area contributed by atoms with Crippen molar-refractivity contribution in [3.8, 4) is 0 Å². The molecule has 6 heteroatoms. The first kappa shape index (κ1) is 71.1. The van der Waals surface area contributed by atoms with Crippen molar-refractivity contribution in [1.29, 1.82) is 0 Å². The van der Waals surface area contributed by atoms with Crippen LogP contribution in [-0.2, 0) is 28.6 Å². The molecule has 0 bridgehead atoms. The third-order valence-electron chi connectivity index (χ3n) is 14.3. The molecule has 0 fully saturated rings. The van der Waals surface area contributed by atoms with Gasteiger partial charge in [0.1, 0.15) is 13.2 Å². The topological polar surface area (TPSA) is 78.9 Å². The predicted molar refractivity (Wildman–Crippen MR) is 321 cm³/mol. The number of carbonyl (C=O) groups is 3. The van der Waals surface area contributed by atoms with Crippen LogP contribution in [0.2, 0.25) is 0 Å². The Morgan fingerprint density at radius 3 is 0.824 bits per heavy atom. The van der Waals surface area contributed by atoms with Crippen LogP contribution in [0.25, 0.3) is 0 Å². The maximum absolute atomic E-state index is 12.9. The minimum Gasteiger partial charge on any atom is -0.462 e. The number of hydrogen-bond donors (Lipinski definition) is 0. The van der Waals surface area contributed by atoms with Crippen LogP contribution in [-0.4, -0.2) is 37.2 Å². The smallest absolute Gasteiger partial charge is 0.306 e. The molecule has 0 N–H and O–H groups in total. The summed E-state index contributed by atoms with van der Waals surface area (Å²) in [6.07, 6.45) is 79.5. The molecule has 430 valence electrons. The summed E-state index contributed by atoms with van der Waals surface area (Å²) in [5.41, 5.74) is 0. The summed E-state index contributed by atoms with van der Waals surface area (Å²) in [7, 11) is 0. The van der Waals surface area contributed by atoms with Crippen LogP contribution in [0.4, 0.5) is 0 Å². The molecule has 74 heavy (non-hydrogen) atoms. The monoisotopic (exact) mass is 1030 g/mol. The van der Waals surface area contributed by atoms with Gasteiger partial charge in [0.15, 0.2) is 6.10 Å². The quantitative estimate of drug-likeness (QED) is 0.0261. The molecular formula is C68H122O6. The molecule has 1 atom stereocenters. The first-order valence-electron chi connectivity index (χ1n) is 32.3. The molecule has 0 heterocycles. The van der Waals surface area contributed by atoms with E-state index in [4.69, 9.17) is 14.2 Å². The number of esters is 3. The lowest BCUT2D eigenvalue weighted by Crippen LogP contribution is -2.30. The Bertz CT molecular complexity index is 1330. The van der Waals surface area contributed by atoms with E-state index >= 15 is 0 Å². The normalized spacial score (nSPS) is 12.4. The van der Waals surface area contributed by atoms with E-state index in [0.29, 0.717) is 19.3 Å². The highest BCUT2D eigenvalue weighted by molar-refractivity contribution is 5.71. The molecule has 0 aliphatic heterocycles. The summed E-state index contributed by atoms with van der Waals surface area (Å²) >= 11 is 0. The second kappa shape index (κ2) is 62.6. The maximum atomic E-state index is 12.9. The van der Waals surface area contributed by atoms with Crippen LogP contribution in [0.5, 0.6) is 0 Å². The molecular weight excluding hydrogens is 913 g/mol. The van der Waals surface area contributed by atoms with Crippen molar-refractivity contribution in [3.63, 3.8) is 0 Å². The summed E-state index contributed by atoms with van der Waals surface area (Å²) in [6.45, 7) is 6.56. The van der Waals surface area contributed by atoms with E-state index in [1.807, 2.05) is 0 Å². The third kappa shape index (κ3) is 60.0. The molecule has 0 aromatic rings. The van der Waals surface area contributed by atoms with Gasteiger partial charge >= 0.3 is 17.9 Å². The summed E-state index contributed by atoms with van der Waals surface area (Å²) in [4.78, 5) is 38.2. The highest BCUT2D eigenvalue weighted by Gasteiger charge is 2.19. The van der Waals surface area contributed by atoms with Gasteiger partial charge in [0, 0.05) is 19.3 Å². The lowest BCUT2D eigenvalue weighted by molar-refractivity contribution is -0.167. The highest BCUT2D eigenvalue weighted by atomic mass is 16.6. The van der Waals surface area contributed by atoms with E-state index in [1.165, 1.54) is 199 Å². The zero-order valence-electron chi connectivity index (χ0n) is 49.4. The molecule has 0 rings (SSSR count). The Kier molecular flexibility index (Phi) is 60.2. The van der Waals surface area contributed by atoms with Gasteiger partial charge in [0.2, 0.25) is 0 Å². The van der Waals surface area contributed by atoms with E-state index in [0.717, 1.165) is 96.3 Å².